The summed E-state index contributed by atoms with van der Waals surface area (Å²) in [6.45, 7) is 5.78. The Labute approximate surface area is 135 Å². The van der Waals surface area contributed by atoms with E-state index in [-0.39, 0.29) is 10.8 Å². The molecule has 4 aliphatic rings. The second-order valence-electron chi connectivity index (χ2n) is 8.16. The van der Waals surface area contributed by atoms with Gasteiger partial charge in [-0.05, 0) is 0 Å². The summed E-state index contributed by atoms with van der Waals surface area (Å²) in [5.41, 5.74) is -0.564. The fourth-order valence-corrected chi connectivity index (χ4v) is 5.01. The van der Waals surface area contributed by atoms with Crippen LogP contribution < -0.4 is 0 Å². The quantitative estimate of drug-likeness (QED) is 0.310. The van der Waals surface area contributed by atoms with Crippen LogP contribution in [0.1, 0.15) is 13.8 Å². The van der Waals surface area contributed by atoms with E-state index in [0.29, 0.717) is 26.2 Å². The zero-order valence-electron chi connectivity index (χ0n) is 13.6. The molecule has 6 N–H and O–H groups in total. The van der Waals surface area contributed by atoms with E-state index < -0.39 is 43.3 Å². The Morgan fingerprint density at radius 1 is 0.913 bits per heavy atom. The van der Waals surface area contributed by atoms with Crippen LogP contribution in [0.3, 0.4) is 0 Å². The van der Waals surface area contributed by atoms with Crippen molar-refractivity contribution in [1.82, 2.24) is 9.80 Å². The number of nitrogens with zero attached hydrogens (tertiary/aromatic N) is 2. The van der Waals surface area contributed by atoms with Gasteiger partial charge in [0.25, 0.3) is 0 Å². The van der Waals surface area contributed by atoms with Gasteiger partial charge in [-0.15, -0.1) is 0 Å². The molecule has 0 radical (unpaired) electrons. The first-order valence-electron chi connectivity index (χ1n) is 8.12. The third kappa shape index (κ3) is 2.52. The van der Waals surface area contributed by atoms with Crippen molar-refractivity contribution < 1.29 is 30.6 Å². The zero-order chi connectivity index (χ0) is 17.2. The average molecular weight is 332 g/mol. The first kappa shape index (κ1) is 17.5. The summed E-state index contributed by atoms with van der Waals surface area (Å²) in [5, 5.41) is 59.6. The van der Waals surface area contributed by atoms with Crippen LogP contribution >= 0.6 is 0 Å². The van der Waals surface area contributed by atoms with E-state index >= 15 is 0 Å². The lowest BCUT2D eigenvalue weighted by Gasteiger charge is -2.68. The second kappa shape index (κ2) is 5.60. The maximum atomic E-state index is 10.6. The largest absolute Gasteiger partial charge is 0.394 e. The second-order valence-corrected chi connectivity index (χ2v) is 8.16. The van der Waals surface area contributed by atoms with Crippen molar-refractivity contribution in [2.75, 3.05) is 32.8 Å². The van der Waals surface area contributed by atoms with Crippen molar-refractivity contribution >= 4 is 0 Å². The standard InChI is InChI=1S/C15H28N2O6/c1-14-4-16-6-15(2,13(14)23)7-17(5-14)12(16)11(22)10(21)9(20)8(19)3-18/h8-13,18-23H,3-7H2,1-2H3/t8-,9-,10+,11-,12?,13?,14?,15?/m1/s1. The van der Waals surface area contributed by atoms with Gasteiger partial charge in [-0.1, -0.05) is 13.8 Å². The van der Waals surface area contributed by atoms with Crippen LogP contribution in [0.15, 0.2) is 0 Å². The Kier molecular flexibility index (Phi) is 4.26. The van der Waals surface area contributed by atoms with Gasteiger partial charge >= 0.3 is 0 Å². The van der Waals surface area contributed by atoms with E-state index in [4.69, 9.17) is 5.11 Å². The highest BCUT2D eigenvalue weighted by molar-refractivity contribution is 5.14. The van der Waals surface area contributed by atoms with E-state index in [9.17, 15) is 25.5 Å². The highest BCUT2D eigenvalue weighted by atomic mass is 16.4. The molecule has 134 valence electrons. The lowest BCUT2D eigenvalue weighted by atomic mass is 9.60. The van der Waals surface area contributed by atoms with E-state index in [2.05, 4.69) is 0 Å². The van der Waals surface area contributed by atoms with Crippen LogP contribution in [0.25, 0.3) is 0 Å². The molecule has 0 amide bonds. The predicted molar refractivity (Wildman–Crippen MR) is 80.3 cm³/mol. The van der Waals surface area contributed by atoms with E-state index in [1.165, 1.54) is 0 Å². The topological polar surface area (TPSA) is 128 Å². The summed E-state index contributed by atoms with van der Waals surface area (Å²) < 4.78 is 0. The Hall–Kier alpha value is -0.320. The third-order valence-corrected chi connectivity index (χ3v) is 5.91. The van der Waals surface area contributed by atoms with Gasteiger partial charge in [-0.3, -0.25) is 9.80 Å². The number of hydrogen-bond acceptors (Lipinski definition) is 8. The maximum Gasteiger partial charge on any atom is 0.111 e. The van der Waals surface area contributed by atoms with Crippen LogP contribution in [-0.4, -0.2) is 110 Å². The molecular weight excluding hydrogens is 304 g/mol. The van der Waals surface area contributed by atoms with Gasteiger partial charge in [0.2, 0.25) is 0 Å². The Bertz CT molecular complexity index is 425. The third-order valence-electron chi connectivity index (χ3n) is 5.91. The Morgan fingerprint density at radius 3 is 1.74 bits per heavy atom. The zero-order valence-corrected chi connectivity index (χ0v) is 13.6. The fraction of sp³-hybridized carbons (Fsp3) is 1.00. The van der Waals surface area contributed by atoms with Gasteiger partial charge < -0.3 is 30.6 Å². The van der Waals surface area contributed by atoms with Crippen LogP contribution in [0, 0.1) is 10.8 Å². The summed E-state index contributed by atoms with van der Waals surface area (Å²) in [5.74, 6) is 0. The molecule has 4 heterocycles. The molecule has 8 heteroatoms. The molecule has 0 aromatic heterocycles. The molecule has 8 nitrogen and oxygen atoms in total. The van der Waals surface area contributed by atoms with Crippen LogP contribution in [0.4, 0.5) is 0 Å². The molecule has 4 atom stereocenters. The Morgan fingerprint density at radius 2 is 1.35 bits per heavy atom. The molecule has 0 spiro atoms. The summed E-state index contributed by atoms with van der Waals surface area (Å²) in [7, 11) is 0. The minimum absolute atomic E-state index is 0.282. The summed E-state index contributed by atoms with van der Waals surface area (Å²) in [4.78, 5) is 4.07. The van der Waals surface area contributed by atoms with Gasteiger partial charge in [0.1, 0.15) is 24.4 Å². The molecule has 4 bridgehead atoms. The Balaban J connectivity index is 1.78. The number of rotatable bonds is 5. The predicted octanol–water partition coefficient (Wildman–Crippen LogP) is -3.23. The molecule has 4 saturated heterocycles. The molecule has 4 aliphatic heterocycles. The van der Waals surface area contributed by atoms with Crippen molar-refractivity contribution in [2.24, 2.45) is 10.8 Å². The van der Waals surface area contributed by atoms with Gasteiger partial charge in [0.15, 0.2) is 0 Å². The molecule has 0 aromatic carbocycles. The molecule has 4 rings (SSSR count). The minimum Gasteiger partial charge on any atom is -0.394 e. The van der Waals surface area contributed by atoms with Crippen LogP contribution in [0.5, 0.6) is 0 Å². The smallest absolute Gasteiger partial charge is 0.111 e. The van der Waals surface area contributed by atoms with E-state index in [1.807, 2.05) is 23.6 Å². The van der Waals surface area contributed by atoms with Crippen molar-refractivity contribution in [3.05, 3.63) is 0 Å². The van der Waals surface area contributed by atoms with Gasteiger partial charge in [-0.25, -0.2) is 0 Å². The highest BCUT2D eigenvalue weighted by Gasteiger charge is 2.63. The number of aliphatic hydroxyl groups excluding tert-OH is 6. The van der Waals surface area contributed by atoms with Gasteiger partial charge in [0.05, 0.1) is 18.9 Å². The molecule has 0 aromatic rings. The van der Waals surface area contributed by atoms with Crippen LogP contribution in [0.2, 0.25) is 0 Å². The molecule has 0 aliphatic carbocycles. The maximum absolute atomic E-state index is 10.6. The lowest BCUT2D eigenvalue weighted by Crippen LogP contribution is -2.81. The van der Waals surface area contributed by atoms with Crippen LogP contribution in [-0.2, 0) is 0 Å². The number of hydrogen-bond donors (Lipinski definition) is 6. The first-order valence-corrected chi connectivity index (χ1v) is 8.12. The van der Waals surface area contributed by atoms with Gasteiger partial charge in [-0.2, -0.15) is 0 Å². The minimum atomic E-state index is -1.62. The fourth-order valence-electron chi connectivity index (χ4n) is 5.01. The summed E-state index contributed by atoms with van der Waals surface area (Å²) in [6.07, 6.45) is -6.85. The molecular formula is C15H28N2O6. The summed E-state index contributed by atoms with van der Waals surface area (Å²) in [6, 6.07) is 0. The first-order chi connectivity index (χ1) is 10.6. The average Bonchev–Trinajstić information content (AvgIpc) is 2.48. The van der Waals surface area contributed by atoms with Crippen molar-refractivity contribution in [3.8, 4) is 0 Å². The van der Waals surface area contributed by atoms with Gasteiger partial charge in [0, 0.05) is 37.0 Å². The van der Waals surface area contributed by atoms with Crippen molar-refractivity contribution in [3.63, 3.8) is 0 Å². The highest BCUT2D eigenvalue weighted by Crippen LogP contribution is 2.51. The number of aliphatic hydroxyl groups is 6. The monoisotopic (exact) mass is 332 g/mol. The normalized spacial score (nSPS) is 50.6. The molecule has 0 unspecified atom stereocenters. The van der Waals surface area contributed by atoms with Crippen molar-refractivity contribution in [2.45, 2.75) is 50.5 Å². The number of piperidine rings is 2. The molecule has 23 heavy (non-hydrogen) atoms. The SMILES string of the molecule is CC12CN3CC(C)(CN(C1)C3[C@H](O)[C@@H](O)[C@H](O)[C@H](O)CO)C2O. The van der Waals surface area contributed by atoms with E-state index in [0.717, 1.165) is 0 Å². The van der Waals surface area contributed by atoms with Crippen molar-refractivity contribution in [1.29, 1.82) is 0 Å². The lowest BCUT2D eigenvalue weighted by molar-refractivity contribution is -0.277. The molecule has 0 saturated carbocycles. The van der Waals surface area contributed by atoms with E-state index in [1.54, 1.807) is 0 Å². The summed E-state index contributed by atoms with van der Waals surface area (Å²) >= 11 is 0. The molecule has 4 fully saturated rings.